The quantitative estimate of drug-likeness (QED) is 0.744. The molecule has 0 aliphatic carbocycles. The summed E-state index contributed by atoms with van der Waals surface area (Å²) in [6.45, 7) is 7.28. The number of rotatable bonds is 4. The fraction of sp³-hybridized carbons (Fsp3) is 0.400. The Kier molecular flexibility index (Phi) is 4.18. The maximum atomic E-state index is 12.7. The van der Waals surface area contributed by atoms with Gasteiger partial charge in [0.1, 0.15) is 16.5 Å². The molecular formula is C15H18N6O2S. The molecule has 9 heteroatoms. The highest BCUT2D eigenvalue weighted by Gasteiger charge is 2.23. The van der Waals surface area contributed by atoms with Crippen molar-refractivity contribution in [1.29, 1.82) is 0 Å². The van der Waals surface area contributed by atoms with Crippen LogP contribution >= 0.6 is 11.3 Å². The van der Waals surface area contributed by atoms with E-state index >= 15 is 0 Å². The molecule has 0 aliphatic rings. The Morgan fingerprint density at radius 1 is 1.29 bits per heavy atom. The van der Waals surface area contributed by atoms with Crippen molar-refractivity contribution in [2.24, 2.45) is 0 Å². The Morgan fingerprint density at radius 3 is 2.67 bits per heavy atom. The third kappa shape index (κ3) is 2.82. The van der Waals surface area contributed by atoms with Crippen LogP contribution in [0.4, 0.5) is 5.82 Å². The normalized spacial score (nSPS) is 12.5. The van der Waals surface area contributed by atoms with Gasteiger partial charge in [0, 0.05) is 6.92 Å². The first-order valence-corrected chi connectivity index (χ1v) is 8.36. The minimum Gasteiger partial charge on any atom is -0.383 e. The molecule has 3 aromatic rings. The second-order valence-electron chi connectivity index (χ2n) is 5.50. The number of fused-ring (bicyclic) bond motifs is 1. The van der Waals surface area contributed by atoms with Crippen molar-refractivity contribution < 1.29 is 9.32 Å². The molecule has 0 spiro atoms. The number of nitrogen functional groups attached to an aromatic ring is 1. The number of hydrogen-bond donors (Lipinski definition) is 2. The molecule has 24 heavy (non-hydrogen) atoms. The summed E-state index contributed by atoms with van der Waals surface area (Å²) in [5.41, 5.74) is 6.77. The topological polar surface area (TPSA) is 120 Å². The smallest absolute Gasteiger partial charge is 0.262 e. The molecule has 126 valence electrons. The lowest BCUT2D eigenvalue weighted by Gasteiger charge is -2.12. The number of hydrogen-bond acceptors (Lipinski definition) is 8. The van der Waals surface area contributed by atoms with Gasteiger partial charge in [-0.25, -0.2) is 9.97 Å². The molecule has 0 saturated carbocycles. The highest BCUT2D eigenvalue weighted by atomic mass is 32.1. The monoisotopic (exact) mass is 346 g/mol. The van der Waals surface area contributed by atoms with Crippen LogP contribution in [0.25, 0.3) is 10.2 Å². The number of anilines is 1. The van der Waals surface area contributed by atoms with E-state index in [9.17, 15) is 4.79 Å². The lowest BCUT2D eigenvalue weighted by molar-refractivity contribution is 0.0937. The number of carbonyl (C=O) groups excluding carboxylic acids is 1. The second-order valence-corrected chi connectivity index (χ2v) is 6.50. The Morgan fingerprint density at radius 2 is 2.04 bits per heavy atom. The summed E-state index contributed by atoms with van der Waals surface area (Å²) < 4.78 is 4.99. The number of aromatic nitrogens is 4. The molecule has 0 bridgehead atoms. The van der Waals surface area contributed by atoms with E-state index < -0.39 is 0 Å². The van der Waals surface area contributed by atoms with E-state index in [0.29, 0.717) is 39.5 Å². The molecule has 1 amide bonds. The molecule has 0 aromatic carbocycles. The number of nitrogens with zero attached hydrogens (tertiary/aromatic N) is 4. The predicted octanol–water partition coefficient (Wildman–Crippen LogP) is 2.46. The molecule has 3 N–H and O–H groups in total. The fourth-order valence-electron chi connectivity index (χ4n) is 2.53. The van der Waals surface area contributed by atoms with Crippen LogP contribution in [-0.2, 0) is 0 Å². The van der Waals surface area contributed by atoms with Gasteiger partial charge in [0.2, 0.25) is 5.89 Å². The van der Waals surface area contributed by atoms with Crippen molar-refractivity contribution in [3.8, 4) is 0 Å². The highest BCUT2D eigenvalue weighted by molar-refractivity contribution is 7.20. The number of nitrogens with two attached hydrogens (primary N) is 1. The van der Waals surface area contributed by atoms with Crippen molar-refractivity contribution in [2.75, 3.05) is 5.73 Å². The molecule has 8 nitrogen and oxygen atoms in total. The van der Waals surface area contributed by atoms with Gasteiger partial charge in [0.05, 0.1) is 16.3 Å². The van der Waals surface area contributed by atoms with E-state index in [2.05, 4.69) is 25.4 Å². The first-order chi connectivity index (χ1) is 11.4. The van der Waals surface area contributed by atoms with Crippen LogP contribution in [-0.4, -0.2) is 26.0 Å². The van der Waals surface area contributed by atoms with Gasteiger partial charge in [0.25, 0.3) is 5.91 Å². The summed E-state index contributed by atoms with van der Waals surface area (Å²) in [6.07, 6.45) is 0.649. The third-order valence-electron chi connectivity index (χ3n) is 3.70. The van der Waals surface area contributed by atoms with Crippen LogP contribution < -0.4 is 11.1 Å². The van der Waals surface area contributed by atoms with Gasteiger partial charge in [-0.3, -0.25) is 4.79 Å². The predicted molar refractivity (Wildman–Crippen MR) is 90.8 cm³/mol. The summed E-state index contributed by atoms with van der Waals surface area (Å²) in [7, 11) is 0. The van der Waals surface area contributed by atoms with E-state index in [1.165, 1.54) is 11.3 Å². The van der Waals surface area contributed by atoms with Crippen LogP contribution in [0, 0.1) is 20.8 Å². The van der Waals surface area contributed by atoms with Crippen molar-refractivity contribution in [1.82, 2.24) is 25.4 Å². The lowest BCUT2D eigenvalue weighted by atomic mass is 10.1. The van der Waals surface area contributed by atoms with Gasteiger partial charge in [-0.05, 0) is 25.8 Å². The van der Waals surface area contributed by atoms with E-state index in [0.717, 1.165) is 10.9 Å². The largest absolute Gasteiger partial charge is 0.383 e. The number of aryl methyl sites for hydroxylation is 3. The van der Waals surface area contributed by atoms with Gasteiger partial charge in [-0.2, -0.15) is 4.98 Å². The zero-order valence-corrected chi connectivity index (χ0v) is 14.7. The number of thiophene rings is 1. The fourth-order valence-corrected chi connectivity index (χ4v) is 3.66. The zero-order chi connectivity index (χ0) is 17.4. The van der Waals surface area contributed by atoms with Gasteiger partial charge in [-0.15, -0.1) is 11.3 Å². The molecule has 3 rings (SSSR count). The van der Waals surface area contributed by atoms with Crippen LogP contribution in [0.3, 0.4) is 0 Å². The average molecular weight is 346 g/mol. The maximum Gasteiger partial charge on any atom is 0.262 e. The Hall–Kier alpha value is -2.55. The number of amides is 1. The maximum absolute atomic E-state index is 12.7. The van der Waals surface area contributed by atoms with Crippen molar-refractivity contribution in [2.45, 2.75) is 40.2 Å². The van der Waals surface area contributed by atoms with E-state index in [1.54, 1.807) is 13.8 Å². The molecule has 0 radical (unpaired) electrons. The van der Waals surface area contributed by atoms with E-state index in [1.807, 2.05) is 13.8 Å². The van der Waals surface area contributed by atoms with Gasteiger partial charge < -0.3 is 15.6 Å². The van der Waals surface area contributed by atoms with Crippen molar-refractivity contribution in [3.63, 3.8) is 0 Å². The molecular weight excluding hydrogens is 328 g/mol. The SMILES string of the molecule is CCC(NC(=O)c1sc2nc(C)nc(N)c2c1C)c1noc(C)n1. The Labute approximate surface area is 142 Å². The summed E-state index contributed by atoms with van der Waals surface area (Å²) in [4.78, 5) is 26.7. The van der Waals surface area contributed by atoms with E-state index in [4.69, 9.17) is 10.3 Å². The van der Waals surface area contributed by atoms with Crippen LogP contribution in [0.1, 0.15) is 52.2 Å². The zero-order valence-electron chi connectivity index (χ0n) is 13.9. The van der Waals surface area contributed by atoms with Gasteiger partial charge in [-0.1, -0.05) is 12.1 Å². The van der Waals surface area contributed by atoms with E-state index in [-0.39, 0.29) is 11.9 Å². The third-order valence-corrected chi connectivity index (χ3v) is 4.89. The second kappa shape index (κ2) is 6.16. The highest BCUT2D eigenvalue weighted by Crippen LogP contribution is 2.33. The standard InChI is InChI=1S/C15H18N6O2S/c1-5-9(13-19-8(4)23-21-13)20-14(22)11-6(2)10-12(16)17-7(3)18-15(10)24-11/h9H,5H2,1-4H3,(H,20,22)(H2,16,17,18). The summed E-state index contributed by atoms with van der Waals surface area (Å²) in [6, 6.07) is -0.315. The number of nitrogens with one attached hydrogen (secondary N) is 1. The Balaban J connectivity index is 1.93. The van der Waals surface area contributed by atoms with Crippen LogP contribution in [0.5, 0.6) is 0 Å². The van der Waals surface area contributed by atoms with Crippen molar-refractivity contribution in [3.05, 3.63) is 28.0 Å². The summed E-state index contributed by atoms with van der Waals surface area (Å²) >= 11 is 1.31. The molecule has 0 aliphatic heterocycles. The van der Waals surface area contributed by atoms with Gasteiger partial charge in [0.15, 0.2) is 5.82 Å². The molecule has 1 unspecified atom stereocenters. The van der Waals surface area contributed by atoms with Crippen molar-refractivity contribution >= 4 is 33.3 Å². The minimum absolute atomic E-state index is 0.207. The van der Waals surface area contributed by atoms with Gasteiger partial charge >= 0.3 is 0 Å². The summed E-state index contributed by atoms with van der Waals surface area (Å²) in [5.74, 6) is 1.71. The molecule has 0 fully saturated rings. The van der Waals surface area contributed by atoms with Crippen LogP contribution in [0.2, 0.25) is 0 Å². The molecule has 3 aromatic heterocycles. The first kappa shape index (κ1) is 16.3. The average Bonchev–Trinajstić information content (AvgIpc) is 3.08. The summed E-state index contributed by atoms with van der Waals surface area (Å²) in [5, 5.41) is 7.57. The lowest BCUT2D eigenvalue weighted by Crippen LogP contribution is -2.28. The Bertz CT molecular complexity index is 916. The molecule has 0 saturated heterocycles. The minimum atomic E-state index is -0.315. The number of carbonyl (C=O) groups is 1. The molecule has 3 heterocycles. The molecule has 1 atom stereocenters. The van der Waals surface area contributed by atoms with Crippen LogP contribution in [0.15, 0.2) is 4.52 Å². The first-order valence-electron chi connectivity index (χ1n) is 7.55.